The Balaban J connectivity index is 1.52. The van der Waals surface area contributed by atoms with E-state index >= 15 is 0 Å². The minimum absolute atomic E-state index is 0.386. The minimum Gasteiger partial charge on any atom is -0.488 e. The molecule has 0 unspecified atom stereocenters. The van der Waals surface area contributed by atoms with E-state index in [9.17, 15) is 10.0 Å². The highest BCUT2D eigenvalue weighted by Crippen LogP contribution is 2.26. The van der Waals surface area contributed by atoms with Crippen LogP contribution < -0.4 is 14.9 Å². The third kappa shape index (κ3) is 6.63. The molecule has 2 aliphatic rings. The minimum atomic E-state index is -1.53. The third-order valence-electron chi connectivity index (χ3n) is 4.80. The molecule has 1 aromatic carbocycles. The molecule has 1 aromatic rings. The number of nitrogens with zero attached hydrogens (tertiary/aromatic N) is 2. The first kappa shape index (κ1) is 20.4. The molecule has 3 rings (SSSR count). The standard InChI is InChI=1S/C18H29BN2O6/c22-19(23)16-1-2-17(26-13-7-20-3-9-24-10-4-20)18(15-16)27-14-8-21-5-11-25-12-6-21/h1-2,15,22-23H,3-14H2. The van der Waals surface area contributed by atoms with Crippen LogP contribution in [0, 0.1) is 0 Å². The van der Waals surface area contributed by atoms with Gasteiger partial charge in [0.1, 0.15) is 13.2 Å². The lowest BCUT2D eigenvalue weighted by Crippen LogP contribution is -2.39. The van der Waals surface area contributed by atoms with Crippen molar-refractivity contribution in [1.29, 1.82) is 0 Å². The maximum atomic E-state index is 9.43. The summed E-state index contributed by atoms with van der Waals surface area (Å²) >= 11 is 0. The second-order valence-corrected chi connectivity index (χ2v) is 6.68. The van der Waals surface area contributed by atoms with Gasteiger partial charge in [0, 0.05) is 39.3 Å². The van der Waals surface area contributed by atoms with Gasteiger partial charge >= 0.3 is 7.12 Å². The Morgan fingerprint density at radius 1 is 0.815 bits per heavy atom. The maximum Gasteiger partial charge on any atom is 0.488 e. The fourth-order valence-electron chi connectivity index (χ4n) is 3.14. The van der Waals surface area contributed by atoms with Gasteiger partial charge in [-0.25, -0.2) is 0 Å². The predicted octanol–water partition coefficient (Wildman–Crippen LogP) is -1.21. The van der Waals surface area contributed by atoms with Gasteiger partial charge in [0.05, 0.1) is 26.4 Å². The van der Waals surface area contributed by atoms with E-state index < -0.39 is 7.12 Å². The van der Waals surface area contributed by atoms with Crippen LogP contribution >= 0.6 is 0 Å². The Bertz CT molecular complexity index is 565. The van der Waals surface area contributed by atoms with Crippen molar-refractivity contribution in [2.45, 2.75) is 0 Å². The molecule has 2 saturated heterocycles. The molecule has 2 N–H and O–H groups in total. The molecule has 8 nitrogen and oxygen atoms in total. The summed E-state index contributed by atoms with van der Waals surface area (Å²) in [6.45, 7) is 9.34. The fourth-order valence-corrected chi connectivity index (χ4v) is 3.14. The molecule has 0 bridgehead atoms. The van der Waals surface area contributed by atoms with E-state index in [4.69, 9.17) is 18.9 Å². The number of morpholine rings is 2. The van der Waals surface area contributed by atoms with Crippen LogP contribution in [0.2, 0.25) is 0 Å². The van der Waals surface area contributed by atoms with E-state index in [0.29, 0.717) is 30.2 Å². The van der Waals surface area contributed by atoms with Crippen LogP contribution in [0.5, 0.6) is 11.5 Å². The van der Waals surface area contributed by atoms with Crippen molar-refractivity contribution in [1.82, 2.24) is 9.80 Å². The SMILES string of the molecule is OB(O)c1ccc(OCCN2CCOCC2)c(OCCN2CCOCC2)c1. The summed E-state index contributed by atoms with van der Waals surface area (Å²) < 4.78 is 22.5. The van der Waals surface area contributed by atoms with Gasteiger partial charge < -0.3 is 29.0 Å². The average Bonchev–Trinajstić information content (AvgIpc) is 2.70. The van der Waals surface area contributed by atoms with E-state index in [0.717, 1.165) is 65.7 Å². The largest absolute Gasteiger partial charge is 0.488 e. The molecular formula is C18H29BN2O6. The first-order valence-electron chi connectivity index (χ1n) is 9.58. The summed E-state index contributed by atoms with van der Waals surface area (Å²) in [7, 11) is -1.53. The highest BCUT2D eigenvalue weighted by Gasteiger charge is 2.17. The van der Waals surface area contributed by atoms with Crippen molar-refractivity contribution in [3.05, 3.63) is 18.2 Å². The third-order valence-corrected chi connectivity index (χ3v) is 4.80. The number of benzene rings is 1. The topological polar surface area (TPSA) is 83.9 Å². The lowest BCUT2D eigenvalue weighted by atomic mass is 9.80. The lowest BCUT2D eigenvalue weighted by molar-refractivity contribution is 0.0305. The van der Waals surface area contributed by atoms with Gasteiger partial charge in [0.2, 0.25) is 0 Å². The van der Waals surface area contributed by atoms with Gasteiger partial charge in [-0.2, -0.15) is 0 Å². The van der Waals surface area contributed by atoms with Crippen molar-refractivity contribution < 1.29 is 29.0 Å². The Kier molecular flexibility index (Phi) is 8.19. The molecule has 0 atom stereocenters. The van der Waals surface area contributed by atoms with Crippen LogP contribution in [-0.4, -0.2) is 106 Å². The van der Waals surface area contributed by atoms with Gasteiger partial charge in [0.25, 0.3) is 0 Å². The van der Waals surface area contributed by atoms with Crippen molar-refractivity contribution >= 4 is 12.6 Å². The monoisotopic (exact) mass is 380 g/mol. The van der Waals surface area contributed by atoms with Crippen molar-refractivity contribution in [3.8, 4) is 11.5 Å². The molecule has 2 aliphatic heterocycles. The van der Waals surface area contributed by atoms with E-state index in [-0.39, 0.29) is 0 Å². The normalized spacial score (nSPS) is 19.0. The van der Waals surface area contributed by atoms with Crippen molar-refractivity contribution in [3.63, 3.8) is 0 Å². The highest BCUT2D eigenvalue weighted by atomic mass is 16.5. The molecule has 0 aliphatic carbocycles. The summed E-state index contributed by atoms with van der Waals surface area (Å²) in [4.78, 5) is 4.58. The number of hydrogen-bond donors (Lipinski definition) is 2. The molecule has 9 heteroatoms. The first-order chi connectivity index (χ1) is 13.2. The molecule has 0 radical (unpaired) electrons. The predicted molar refractivity (Wildman–Crippen MR) is 102 cm³/mol. The smallest absolute Gasteiger partial charge is 0.488 e. The molecular weight excluding hydrogens is 351 g/mol. The van der Waals surface area contributed by atoms with E-state index in [1.165, 1.54) is 0 Å². The van der Waals surface area contributed by atoms with Crippen molar-refractivity contribution in [2.24, 2.45) is 0 Å². The van der Waals surface area contributed by atoms with Gasteiger partial charge in [-0.15, -0.1) is 0 Å². The molecule has 0 amide bonds. The summed E-state index contributed by atoms with van der Waals surface area (Å²) in [5.41, 5.74) is 0.386. The molecule has 150 valence electrons. The van der Waals surface area contributed by atoms with Crippen molar-refractivity contribution in [2.75, 3.05) is 78.9 Å². The van der Waals surface area contributed by atoms with Crippen LogP contribution in [0.25, 0.3) is 0 Å². The van der Waals surface area contributed by atoms with Gasteiger partial charge in [0.15, 0.2) is 11.5 Å². The quantitative estimate of drug-likeness (QED) is 0.517. The highest BCUT2D eigenvalue weighted by molar-refractivity contribution is 6.58. The lowest BCUT2D eigenvalue weighted by Gasteiger charge is -2.27. The Morgan fingerprint density at radius 2 is 1.33 bits per heavy atom. The van der Waals surface area contributed by atoms with Crippen LogP contribution in [0.15, 0.2) is 18.2 Å². The summed E-state index contributed by atoms with van der Waals surface area (Å²) in [5, 5.41) is 18.9. The Morgan fingerprint density at radius 3 is 1.85 bits per heavy atom. The first-order valence-corrected chi connectivity index (χ1v) is 9.58. The second kappa shape index (κ2) is 10.8. The van der Waals surface area contributed by atoms with Gasteiger partial charge in [-0.3, -0.25) is 9.80 Å². The number of hydrogen-bond acceptors (Lipinski definition) is 8. The molecule has 0 aromatic heterocycles. The van der Waals surface area contributed by atoms with E-state index in [1.54, 1.807) is 18.2 Å². The van der Waals surface area contributed by atoms with Gasteiger partial charge in [-0.1, -0.05) is 6.07 Å². The van der Waals surface area contributed by atoms with Crippen LogP contribution in [0.4, 0.5) is 0 Å². The fraction of sp³-hybridized carbons (Fsp3) is 0.667. The van der Waals surface area contributed by atoms with E-state index in [1.807, 2.05) is 0 Å². The number of ether oxygens (including phenoxy) is 4. The number of rotatable bonds is 9. The zero-order chi connectivity index (χ0) is 18.9. The Labute approximate surface area is 160 Å². The van der Waals surface area contributed by atoms with Crippen LogP contribution in [0.1, 0.15) is 0 Å². The second-order valence-electron chi connectivity index (χ2n) is 6.68. The average molecular weight is 380 g/mol. The maximum absolute atomic E-state index is 9.43. The molecule has 2 fully saturated rings. The van der Waals surface area contributed by atoms with Crippen LogP contribution in [-0.2, 0) is 9.47 Å². The molecule has 0 saturated carbocycles. The van der Waals surface area contributed by atoms with E-state index in [2.05, 4.69) is 9.80 Å². The summed E-state index contributed by atoms with van der Waals surface area (Å²) in [6, 6.07) is 5.01. The molecule has 2 heterocycles. The molecule has 0 spiro atoms. The van der Waals surface area contributed by atoms with Gasteiger partial charge in [-0.05, 0) is 17.6 Å². The Hall–Kier alpha value is -1.36. The van der Waals surface area contributed by atoms with Crippen LogP contribution in [0.3, 0.4) is 0 Å². The summed E-state index contributed by atoms with van der Waals surface area (Å²) in [5.74, 6) is 1.16. The zero-order valence-corrected chi connectivity index (χ0v) is 15.7. The zero-order valence-electron chi connectivity index (χ0n) is 15.7. The summed E-state index contributed by atoms with van der Waals surface area (Å²) in [6.07, 6.45) is 0. The molecule has 27 heavy (non-hydrogen) atoms.